The summed E-state index contributed by atoms with van der Waals surface area (Å²) in [6.45, 7) is 3.50. The normalized spacial score (nSPS) is 13.5. The number of esters is 1. The number of phosphoric acid groups is 1. The maximum Gasteiger partial charge on any atom is 0.472 e. The highest BCUT2D eigenvalue weighted by Gasteiger charge is 2.23. The van der Waals surface area contributed by atoms with Crippen LogP contribution in [0.3, 0.4) is 0 Å². The Bertz CT molecular complexity index is 959. The van der Waals surface area contributed by atoms with Gasteiger partial charge in [-0.1, -0.05) is 192 Å². The highest BCUT2D eigenvalue weighted by molar-refractivity contribution is 7.47. The van der Waals surface area contributed by atoms with E-state index in [1.807, 2.05) is 0 Å². The van der Waals surface area contributed by atoms with Gasteiger partial charge in [0, 0.05) is 19.4 Å². The first-order chi connectivity index (χ1) is 26.8. The Hall–Kier alpha value is -1.51. The molecular weight excluding hydrogens is 713 g/mol. The molecule has 9 nitrogen and oxygen atoms in total. The molecular formula is C45H86NO8P. The monoisotopic (exact) mass is 800 g/mol. The Morgan fingerprint density at radius 1 is 0.564 bits per heavy atom. The number of rotatable bonds is 43. The van der Waals surface area contributed by atoms with Crippen molar-refractivity contribution in [3.63, 3.8) is 0 Å². The van der Waals surface area contributed by atoms with Crippen LogP contribution in [0.5, 0.6) is 0 Å². The molecule has 0 spiro atoms. The number of nitrogens with one attached hydrogen (secondary N) is 1. The molecule has 0 fully saturated rings. The molecule has 0 rings (SSSR count). The molecule has 2 unspecified atom stereocenters. The van der Waals surface area contributed by atoms with E-state index in [4.69, 9.17) is 13.8 Å². The lowest BCUT2D eigenvalue weighted by Crippen LogP contribution is -2.27. The highest BCUT2D eigenvalue weighted by Crippen LogP contribution is 2.42. The van der Waals surface area contributed by atoms with Gasteiger partial charge in [-0.3, -0.25) is 18.6 Å². The standard InChI is InChI=1S/C45H86NO8P/c1-3-5-7-9-11-13-15-17-18-19-20-21-22-23-24-26-27-29-31-33-35-37-44(48)46-39-40-53-55(50,51)54-42-43(47)41-52-45(49)38-36-34-32-30-28-25-16-14-12-10-8-6-4-2/h8,10,14,16,43,47H,3-7,9,11-13,15,17-42H2,1-2H3,(H,46,48)(H,50,51)/b10-8-,16-14-. The third kappa shape index (κ3) is 43.5. The van der Waals surface area contributed by atoms with Gasteiger partial charge in [0.25, 0.3) is 0 Å². The van der Waals surface area contributed by atoms with E-state index in [-0.39, 0.29) is 32.1 Å². The topological polar surface area (TPSA) is 131 Å². The minimum Gasteiger partial charge on any atom is -0.463 e. The molecule has 1 amide bonds. The lowest BCUT2D eigenvalue weighted by Gasteiger charge is -2.15. The molecule has 10 heteroatoms. The number of aliphatic hydroxyl groups is 1. The van der Waals surface area contributed by atoms with E-state index in [9.17, 15) is 24.2 Å². The molecule has 55 heavy (non-hydrogen) atoms. The number of hydrogen-bond donors (Lipinski definition) is 3. The molecule has 0 heterocycles. The summed E-state index contributed by atoms with van der Waals surface area (Å²) in [5.74, 6) is -0.524. The van der Waals surface area contributed by atoms with Crippen molar-refractivity contribution in [3.05, 3.63) is 24.3 Å². The Morgan fingerprint density at radius 2 is 1.02 bits per heavy atom. The zero-order chi connectivity index (χ0) is 40.3. The van der Waals surface area contributed by atoms with E-state index in [0.29, 0.717) is 6.42 Å². The minimum atomic E-state index is -4.42. The fourth-order valence-electron chi connectivity index (χ4n) is 6.42. The van der Waals surface area contributed by atoms with Crippen LogP contribution < -0.4 is 5.32 Å². The van der Waals surface area contributed by atoms with Crippen LogP contribution >= 0.6 is 7.82 Å². The van der Waals surface area contributed by atoms with Crippen molar-refractivity contribution < 1.29 is 37.9 Å². The van der Waals surface area contributed by atoms with E-state index < -0.39 is 26.5 Å². The number of phosphoric ester groups is 1. The molecule has 0 aromatic rings. The molecule has 0 aliphatic carbocycles. The number of carbonyl (C=O) groups excluding carboxylic acids is 2. The van der Waals surface area contributed by atoms with Crippen LogP contribution in [0, 0.1) is 0 Å². The van der Waals surface area contributed by atoms with Crippen LogP contribution in [0.1, 0.15) is 219 Å². The third-order valence-electron chi connectivity index (χ3n) is 9.87. The Morgan fingerprint density at radius 3 is 1.53 bits per heavy atom. The van der Waals surface area contributed by atoms with Gasteiger partial charge in [-0.05, 0) is 38.5 Å². The fourth-order valence-corrected chi connectivity index (χ4v) is 7.18. The molecule has 3 N–H and O–H groups in total. The molecule has 0 radical (unpaired) electrons. The summed E-state index contributed by atoms with van der Waals surface area (Å²) in [6.07, 6.45) is 45.5. The van der Waals surface area contributed by atoms with Crippen molar-refractivity contribution in [2.75, 3.05) is 26.4 Å². The van der Waals surface area contributed by atoms with Crippen LogP contribution in [0.15, 0.2) is 24.3 Å². The van der Waals surface area contributed by atoms with Gasteiger partial charge < -0.3 is 20.1 Å². The third-order valence-corrected chi connectivity index (χ3v) is 10.8. The van der Waals surface area contributed by atoms with Gasteiger partial charge in [-0.15, -0.1) is 0 Å². The van der Waals surface area contributed by atoms with Gasteiger partial charge >= 0.3 is 13.8 Å². The number of ether oxygens (including phenoxy) is 1. The maximum atomic E-state index is 12.1. The van der Waals surface area contributed by atoms with E-state index >= 15 is 0 Å². The van der Waals surface area contributed by atoms with E-state index in [0.717, 1.165) is 70.6 Å². The maximum absolute atomic E-state index is 12.1. The number of aliphatic hydroxyl groups excluding tert-OH is 1. The van der Waals surface area contributed by atoms with Gasteiger partial charge in [0.15, 0.2) is 0 Å². The lowest BCUT2D eigenvalue weighted by atomic mass is 10.0. The first-order valence-corrected chi connectivity index (χ1v) is 24.3. The van der Waals surface area contributed by atoms with E-state index in [1.165, 1.54) is 122 Å². The quantitative estimate of drug-likeness (QED) is 0.0240. The van der Waals surface area contributed by atoms with Crippen molar-refractivity contribution in [1.82, 2.24) is 5.32 Å². The van der Waals surface area contributed by atoms with Crippen molar-refractivity contribution in [3.8, 4) is 0 Å². The predicted octanol–water partition coefficient (Wildman–Crippen LogP) is 12.8. The van der Waals surface area contributed by atoms with Crippen molar-refractivity contribution in [1.29, 1.82) is 0 Å². The zero-order valence-electron chi connectivity index (χ0n) is 35.6. The average molecular weight is 800 g/mol. The van der Waals surface area contributed by atoms with Gasteiger partial charge in [0.1, 0.15) is 12.7 Å². The van der Waals surface area contributed by atoms with E-state index in [1.54, 1.807) is 0 Å². The summed E-state index contributed by atoms with van der Waals surface area (Å²) >= 11 is 0. The average Bonchev–Trinajstić information content (AvgIpc) is 3.17. The second-order valence-electron chi connectivity index (χ2n) is 15.4. The van der Waals surface area contributed by atoms with E-state index in [2.05, 4.69) is 43.5 Å². The van der Waals surface area contributed by atoms with Crippen LogP contribution in [0.25, 0.3) is 0 Å². The van der Waals surface area contributed by atoms with Crippen molar-refractivity contribution in [2.45, 2.75) is 225 Å². The summed E-state index contributed by atoms with van der Waals surface area (Å²) < 4.78 is 26.9. The molecule has 0 bridgehead atoms. The van der Waals surface area contributed by atoms with Crippen molar-refractivity contribution in [2.24, 2.45) is 0 Å². The number of amides is 1. The number of carbonyl (C=O) groups is 2. The predicted molar refractivity (Wildman–Crippen MR) is 229 cm³/mol. The zero-order valence-corrected chi connectivity index (χ0v) is 36.5. The van der Waals surface area contributed by atoms with Gasteiger partial charge in [0.2, 0.25) is 5.91 Å². The lowest BCUT2D eigenvalue weighted by molar-refractivity contribution is -0.147. The van der Waals surface area contributed by atoms with Gasteiger partial charge in [-0.2, -0.15) is 0 Å². The summed E-state index contributed by atoms with van der Waals surface area (Å²) in [4.78, 5) is 33.9. The van der Waals surface area contributed by atoms with Gasteiger partial charge in [-0.25, -0.2) is 4.57 Å². The summed E-state index contributed by atoms with van der Waals surface area (Å²) in [5, 5.41) is 12.7. The molecule has 0 aromatic carbocycles. The second-order valence-corrected chi connectivity index (χ2v) is 16.8. The SMILES string of the molecule is CCC/C=C\C/C=C\CCCCCCCC(=O)OCC(O)COP(=O)(O)OCCNC(=O)CCCCCCCCCCCCCCCCCCCCCCC. The summed E-state index contributed by atoms with van der Waals surface area (Å²) in [5.41, 5.74) is 0. The van der Waals surface area contributed by atoms with Crippen LogP contribution in [-0.4, -0.2) is 54.3 Å². The van der Waals surface area contributed by atoms with Crippen molar-refractivity contribution >= 4 is 19.7 Å². The molecule has 0 saturated carbocycles. The first-order valence-electron chi connectivity index (χ1n) is 22.8. The van der Waals surface area contributed by atoms with Gasteiger partial charge in [0.05, 0.1) is 13.2 Å². The molecule has 0 aliphatic heterocycles. The number of unbranched alkanes of at least 4 members (excludes halogenated alkanes) is 26. The van der Waals surface area contributed by atoms with Crippen LogP contribution in [0.2, 0.25) is 0 Å². The Labute approximate surface area is 338 Å². The second kappa shape index (κ2) is 42.1. The summed E-state index contributed by atoms with van der Waals surface area (Å²) in [7, 11) is -4.42. The van der Waals surface area contributed by atoms with Crippen LogP contribution in [0.4, 0.5) is 0 Å². The molecule has 0 saturated heterocycles. The summed E-state index contributed by atoms with van der Waals surface area (Å²) in [6, 6.07) is 0. The largest absolute Gasteiger partial charge is 0.472 e. The first kappa shape index (κ1) is 53.5. The fraction of sp³-hybridized carbons (Fsp3) is 0.867. The molecule has 0 aromatic heterocycles. The smallest absolute Gasteiger partial charge is 0.463 e. The number of allylic oxidation sites excluding steroid dienone is 4. The highest BCUT2D eigenvalue weighted by atomic mass is 31.2. The Kier molecular flexibility index (Phi) is 40.9. The number of hydrogen-bond acceptors (Lipinski definition) is 7. The molecule has 324 valence electrons. The van der Waals surface area contributed by atoms with Crippen LogP contribution in [-0.2, 0) is 27.9 Å². The Balaban J connectivity index is 3.54. The molecule has 0 aliphatic rings. The molecule has 2 atom stereocenters. The minimum absolute atomic E-state index is 0.0836.